The number of nitrogens with zero attached hydrogens (tertiary/aromatic N) is 1. The van der Waals surface area contributed by atoms with Crippen LogP contribution in [0.5, 0.6) is 5.75 Å². The summed E-state index contributed by atoms with van der Waals surface area (Å²) in [6, 6.07) is 5.07. The van der Waals surface area contributed by atoms with Gasteiger partial charge in [0.05, 0.1) is 0 Å². The molecule has 0 aliphatic carbocycles. The summed E-state index contributed by atoms with van der Waals surface area (Å²) in [6.07, 6.45) is 0. The first-order valence-corrected chi connectivity index (χ1v) is 4.92. The molecule has 0 radical (unpaired) electrons. The molecule has 3 N–H and O–H groups in total. The Labute approximate surface area is 88.3 Å². The molecule has 1 saturated heterocycles. The van der Waals surface area contributed by atoms with Gasteiger partial charge in [0.1, 0.15) is 5.75 Å². The summed E-state index contributed by atoms with van der Waals surface area (Å²) < 4.78 is 0. The van der Waals surface area contributed by atoms with Crippen LogP contribution >= 0.6 is 0 Å². The first-order chi connectivity index (χ1) is 7.08. The zero-order valence-electron chi connectivity index (χ0n) is 8.60. The molecule has 1 amide bonds. The van der Waals surface area contributed by atoms with E-state index in [0.29, 0.717) is 18.7 Å². The molecule has 1 aromatic rings. The average Bonchev–Trinajstić information content (AvgIpc) is 2.16. The van der Waals surface area contributed by atoms with Crippen LogP contribution in [0.25, 0.3) is 0 Å². The molecule has 2 rings (SSSR count). The number of aryl methyl sites for hydroxylation is 1. The zero-order valence-corrected chi connectivity index (χ0v) is 8.60. The van der Waals surface area contributed by atoms with Crippen LogP contribution < -0.4 is 5.73 Å². The SMILES string of the molecule is Cc1ccc(C(=O)N2CC(N)C2)cc1O. The molecule has 0 spiro atoms. The highest BCUT2D eigenvalue weighted by molar-refractivity contribution is 5.95. The van der Waals surface area contributed by atoms with Crippen LogP contribution in [0, 0.1) is 6.92 Å². The molecular formula is C11H14N2O2. The number of phenolic OH excluding ortho intramolecular Hbond substituents is 1. The van der Waals surface area contributed by atoms with Gasteiger partial charge in [0.15, 0.2) is 0 Å². The number of rotatable bonds is 1. The van der Waals surface area contributed by atoms with Crippen molar-refractivity contribution in [2.45, 2.75) is 13.0 Å². The zero-order chi connectivity index (χ0) is 11.0. The van der Waals surface area contributed by atoms with E-state index in [-0.39, 0.29) is 17.7 Å². The summed E-state index contributed by atoms with van der Waals surface area (Å²) >= 11 is 0. The highest BCUT2D eigenvalue weighted by Crippen LogP contribution is 2.20. The quantitative estimate of drug-likeness (QED) is 0.702. The molecule has 1 aliphatic heterocycles. The van der Waals surface area contributed by atoms with Crippen LogP contribution in [0.1, 0.15) is 15.9 Å². The first kappa shape index (κ1) is 9.98. The largest absolute Gasteiger partial charge is 0.508 e. The highest BCUT2D eigenvalue weighted by Gasteiger charge is 2.28. The van der Waals surface area contributed by atoms with Gasteiger partial charge in [-0.1, -0.05) is 6.07 Å². The maximum absolute atomic E-state index is 11.8. The third kappa shape index (κ3) is 1.80. The van der Waals surface area contributed by atoms with Crippen molar-refractivity contribution in [3.05, 3.63) is 29.3 Å². The lowest BCUT2D eigenvalue weighted by molar-refractivity contribution is 0.0607. The molecule has 0 bridgehead atoms. The number of carbonyl (C=O) groups excluding carboxylic acids is 1. The number of benzene rings is 1. The minimum absolute atomic E-state index is 0.0630. The smallest absolute Gasteiger partial charge is 0.254 e. The van der Waals surface area contributed by atoms with E-state index >= 15 is 0 Å². The molecule has 4 heteroatoms. The van der Waals surface area contributed by atoms with Crippen LogP contribution in [0.4, 0.5) is 0 Å². The van der Waals surface area contributed by atoms with E-state index in [4.69, 9.17) is 5.73 Å². The van der Waals surface area contributed by atoms with Crippen LogP contribution in [-0.2, 0) is 0 Å². The van der Waals surface area contributed by atoms with Crippen molar-refractivity contribution in [1.29, 1.82) is 0 Å². The Kier molecular flexibility index (Phi) is 2.36. The molecule has 80 valence electrons. The summed E-state index contributed by atoms with van der Waals surface area (Å²) in [5.41, 5.74) is 6.88. The molecule has 15 heavy (non-hydrogen) atoms. The van der Waals surface area contributed by atoms with Gasteiger partial charge in [0.25, 0.3) is 5.91 Å². The van der Waals surface area contributed by atoms with Gasteiger partial charge < -0.3 is 15.7 Å². The fourth-order valence-corrected chi connectivity index (χ4v) is 1.60. The Morgan fingerprint density at radius 1 is 1.53 bits per heavy atom. The summed E-state index contributed by atoms with van der Waals surface area (Å²) in [6.45, 7) is 3.00. The summed E-state index contributed by atoms with van der Waals surface area (Å²) in [5.74, 6) is 0.0951. The fraction of sp³-hybridized carbons (Fsp3) is 0.364. The minimum Gasteiger partial charge on any atom is -0.508 e. The molecule has 4 nitrogen and oxygen atoms in total. The van der Waals surface area contributed by atoms with Gasteiger partial charge in [-0.25, -0.2) is 0 Å². The summed E-state index contributed by atoms with van der Waals surface area (Å²) in [4.78, 5) is 13.5. The van der Waals surface area contributed by atoms with Crippen LogP contribution in [0.3, 0.4) is 0 Å². The predicted molar refractivity (Wildman–Crippen MR) is 56.7 cm³/mol. The average molecular weight is 206 g/mol. The van der Waals surface area contributed by atoms with Gasteiger partial charge in [-0.3, -0.25) is 4.79 Å². The number of likely N-dealkylation sites (tertiary alicyclic amines) is 1. The number of amides is 1. The van der Waals surface area contributed by atoms with Crippen molar-refractivity contribution < 1.29 is 9.90 Å². The lowest BCUT2D eigenvalue weighted by Crippen LogP contribution is -2.57. The van der Waals surface area contributed by atoms with Crippen molar-refractivity contribution in [1.82, 2.24) is 4.90 Å². The van der Waals surface area contributed by atoms with Crippen molar-refractivity contribution in [3.63, 3.8) is 0 Å². The molecule has 0 saturated carbocycles. The molecule has 1 heterocycles. The number of phenols is 1. The van der Waals surface area contributed by atoms with Crippen LogP contribution in [0.15, 0.2) is 18.2 Å². The van der Waals surface area contributed by atoms with Gasteiger partial charge in [-0.05, 0) is 24.6 Å². The van der Waals surface area contributed by atoms with Gasteiger partial charge in [0.2, 0.25) is 0 Å². The second-order valence-corrected chi connectivity index (χ2v) is 3.97. The minimum atomic E-state index is -0.0630. The Bertz CT molecular complexity index is 398. The van der Waals surface area contributed by atoms with E-state index in [1.54, 1.807) is 24.0 Å². The van der Waals surface area contributed by atoms with E-state index in [1.165, 1.54) is 6.07 Å². The maximum Gasteiger partial charge on any atom is 0.254 e. The molecule has 1 fully saturated rings. The fourth-order valence-electron chi connectivity index (χ4n) is 1.60. The lowest BCUT2D eigenvalue weighted by atomic mass is 10.1. The van der Waals surface area contributed by atoms with Gasteiger partial charge in [-0.15, -0.1) is 0 Å². The van der Waals surface area contributed by atoms with E-state index < -0.39 is 0 Å². The second kappa shape index (κ2) is 3.55. The monoisotopic (exact) mass is 206 g/mol. The Balaban J connectivity index is 2.16. The molecule has 1 aromatic carbocycles. The van der Waals surface area contributed by atoms with Gasteiger partial charge in [0, 0.05) is 24.7 Å². The van der Waals surface area contributed by atoms with Crippen molar-refractivity contribution >= 4 is 5.91 Å². The van der Waals surface area contributed by atoms with E-state index in [0.717, 1.165) is 5.56 Å². The second-order valence-electron chi connectivity index (χ2n) is 3.97. The molecular weight excluding hydrogens is 192 g/mol. The first-order valence-electron chi connectivity index (χ1n) is 4.92. The highest BCUT2D eigenvalue weighted by atomic mass is 16.3. The van der Waals surface area contributed by atoms with E-state index in [2.05, 4.69) is 0 Å². The number of carbonyl (C=O) groups is 1. The van der Waals surface area contributed by atoms with Crippen LogP contribution in [-0.4, -0.2) is 35.0 Å². The predicted octanol–water partition coefficient (Wildman–Crippen LogP) is 0.484. The number of nitrogens with two attached hydrogens (primary N) is 1. The molecule has 1 aliphatic rings. The Hall–Kier alpha value is -1.55. The third-order valence-electron chi connectivity index (χ3n) is 2.65. The Morgan fingerprint density at radius 3 is 2.73 bits per heavy atom. The number of hydrogen-bond donors (Lipinski definition) is 2. The van der Waals surface area contributed by atoms with E-state index in [9.17, 15) is 9.90 Å². The number of aromatic hydroxyl groups is 1. The summed E-state index contributed by atoms with van der Waals surface area (Å²) in [5, 5.41) is 9.48. The molecule has 0 unspecified atom stereocenters. The van der Waals surface area contributed by atoms with E-state index in [1.807, 2.05) is 0 Å². The van der Waals surface area contributed by atoms with Crippen molar-refractivity contribution in [2.75, 3.05) is 13.1 Å². The topological polar surface area (TPSA) is 66.6 Å². The Morgan fingerprint density at radius 2 is 2.20 bits per heavy atom. The third-order valence-corrected chi connectivity index (χ3v) is 2.65. The number of hydrogen-bond acceptors (Lipinski definition) is 3. The van der Waals surface area contributed by atoms with Crippen molar-refractivity contribution in [2.24, 2.45) is 5.73 Å². The standard InChI is InChI=1S/C11H14N2O2/c1-7-2-3-8(4-10(7)14)11(15)13-5-9(12)6-13/h2-4,9,14H,5-6,12H2,1H3. The summed E-state index contributed by atoms with van der Waals surface area (Å²) in [7, 11) is 0. The molecule has 0 atom stereocenters. The van der Waals surface area contributed by atoms with Gasteiger partial charge >= 0.3 is 0 Å². The van der Waals surface area contributed by atoms with Gasteiger partial charge in [-0.2, -0.15) is 0 Å². The normalized spacial score (nSPS) is 16.3. The lowest BCUT2D eigenvalue weighted by Gasteiger charge is -2.36. The maximum atomic E-state index is 11.8. The van der Waals surface area contributed by atoms with Crippen LogP contribution in [0.2, 0.25) is 0 Å². The van der Waals surface area contributed by atoms with Crippen molar-refractivity contribution in [3.8, 4) is 5.75 Å². The molecule has 0 aromatic heterocycles.